The van der Waals surface area contributed by atoms with E-state index < -0.39 is 17.0 Å². The zero-order valence-corrected chi connectivity index (χ0v) is 11.2. The van der Waals surface area contributed by atoms with Crippen molar-refractivity contribution in [2.24, 2.45) is 0 Å². The smallest absolute Gasteiger partial charge is 0.333 e. The highest BCUT2D eigenvalue weighted by Crippen LogP contribution is 2.09. The number of ether oxygens (including phenoxy) is 1. The lowest BCUT2D eigenvalue weighted by atomic mass is 10.1. The largest absolute Gasteiger partial charge is 0.461 e. The van der Waals surface area contributed by atoms with Gasteiger partial charge in [0.25, 0.3) is 0 Å². The van der Waals surface area contributed by atoms with Crippen molar-refractivity contribution >= 4 is 23.1 Å². The van der Waals surface area contributed by atoms with Crippen LogP contribution in [0.25, 0.3) is 6.08 Å². The molecule has 0 heterocycles. The summed E-state index contributed by atoms with van der Waals surface area (Å²) in [5.74, 6) is -0.537. The molecule has 0 fully saturated rings. The highest BCUT2D eigenvalue weighted by atomic mass is 32.2. The van der Waals surface area contributed by atoms with Crippen molar-refractivity contribution in [3.63, 3.8) is 0 Å². The third-order valence-corrected chi connectivity index (χ3v) is 2.79. The molecule has 0 radical (unpaired) electrons. The summed E-state index contributed by atoms with van der Waals surface area (Å²) in [5, 5.41) is 0. The Hall–Kier alpha value is -1.46. The molecule has 1 N–H and O–H groups in total. The van der Waals surface area contributed by atoms with Crippen molar-refractivity contribution in [2.45, 2.75) is 13.8 Å². The van der Waals surface area contributed by atoms with Crippen molar-refractivity contribution < 1.29 is 18.3 Å². The Labute approximate surface area is 109 Å². The maximum absolute atomic E-state index is 11.5. The summed E-state index contributed by atoms with van der Waals surface area (Å²) in [6.07, 6.45) is 1.72. The minimum Gasteiger partial charge on any atom is -0.461 e. The Morgan fingerprint density at radius 3 is 2.56 bits per heavy atom. The topological polar surface area (TPSA) is 63.6 Å². The molecule has 0 amide bonds. The van der Waals surface area contributed by atoms with E-state index in [1.807, 2.05) is 31.2 Å². The Bertz CT molecular complexity index is 462. The quantitative estimate of drug-likeness (QED) is 0.505. The van der Waals surface area contributed by atoms with E-state index in [2.05, 4.69) is 0 Å². The van der Waals surface area contributed by atoms with Crippen LogP contribution in [0.1, 0.15) is 18.1 Å². The predicted molar refractivity (Wildman–Crippen MR) is 71.4 cm³/mol. The average molecular weight is 268 g/mol. The molecule has 18 heavy (non-hydrogen) atoms. The molecule has 98 valence electrons. The van der Waals surface area contributed by atoms with Gasteiger partial charge in [-0.15, -0.1) is 0 Å². The average Bonchev–Trinajstić information content (AvgIpc) is 2.31. The molecule has 0 saturated heterocycles. The maximum atomic E-state index is 11.5. The van der Waals surface area contributed by atoms with Crippen molar-refractivity contribution in [2.75, 3.05) is 12.4 Å². The van der Waals surface area contributed by atoms with Gasteiger partial charge in [-0.05, 0) is 25.5 Å². The second kappa shape index (κ2) is 7.08. The van der Waals surface area contributed by atoms with Gasteiger partial charge in [0.15, 0.2) is 11.1 Å². The summed E-state index contributed by atoms with van der Waals surface area (Å²) in [7, 11) is 0. The Morgan fingerprint density at radius 1 is 1.39 bits per heavy atom. The summed E-state index contributed by atoms with van der Waals surface area (Å²) < 4.78 is 23.8. The van der Waals surface area contributed by atoms with Crippen LogP contribution in [0.5, 0.6) is 0 Å². The molecule has 0 spiro atoms. The highest BCUT2D eigenvalue weighted by Gasteiger charge is 2.06. The number of aryl methyl sites for hydroxylation is 1. The van der Waals surface area contributed by atoms with Gasteiger partial charge in [0.1, 0.15) is 6.61 Å². The molecule has 5 heteroatoms. The number of rotatable bonds is 5. The zero-order chi connectivity index (χ0) is 13.5. The molecule has 1 aromatic carbocycles. The number of esters is 1. The van der Waals surface area contributed by atoms with E-state index in [0.29, 0.717) is 5.57 Å². The van der Waals surface area contributed by atoms with E-state index in [1.54, 1.807) is 13.0 Å². The van der Waals surface area contributed by atoms with E-state index in [4.69, 9.17) is 9.29 Å². The van der Waals surface area contributed by atoms with E-state index in [1.165, 1.54) is 0 Å². The van der Waals surface area contributed by atoms with Crippen LogP contribution in [0.2, 0.25) is 0 Å². The van der Waals surface area contributed by atoms with Crippen LogP contribution in [0, 0.1) is 6.92 Å². The molecule has 1 atom stereocenters. The molecular weight excluding hydrogens is 252 g/mol. The van der Waals surface area contributed by atoms with Crippen molar-refractivity contribution in [3.8, 4) is 0 Å². The summed E-state index contributed by atoms with van der Waals surface area (Å²) in [6, 6.07) is 7.74. The number of hydrogen-bond acceptors (Lipinski definition) is 3. The normalized spacial score (nSPS) is 13.2. The maximum Gasteiger partial charge on any atom is 0.333 e. The van der Waals surface area contributed by atoms with Crippen LogP contribution in [-0.2, 0) is 20.6 Å². The molecule has 0 saturated carbocycles. The van der Waals surface area contributed by atoms with Crippen LogP contribution in [0.15, 0.2) is 29.8 Å². The molecule has 0 aliphatic carbocycles. The summed E-state index contributed by atoms with van der Waals surface area (Å²) >= 11 is -1.93. The second-order valence-corrected chi connectivity index (χ2v) is 4.95. The molecule has 0 bridgehead atoms. The zero-order valence-electron chi connectivity index (χ0n) is 10.4. The van der Waals surface area contributed by atoms with Crippen LogP contribution < -0.4 is 0 Å². The second-order valence-electron chi connectivity index (χ2n) is 3.90. The van der Waals surface area contributed by atoms with E-state index in [-0.39, 0.29) is 12.4 Å². The lowest BCUT2D eigenvalue weighted by Gasteiger charge is -2.03. The number of carbonyl (C=O) groups excluding carboxylic acids is 1. The van der Waals surface area contributed by atoms with Gasteiger partial charge >= 0.3 is 5.97 Å². The predicted octanol–water partition coefficient (Wildman–Crippen LogP) is 2.16. The molecule has 0 aliphatic heterocycles. The monoisotopic (exact) mass is 268 g/mol. The molecule has 0 aliphatic rings. The Balaban J connectivity index is 2.57. The van der Waals surface area contributed by atoms with Gasteiger partial charge in [-0.2, -0.15) is 0 Å². The van der Waals surface area contributed by atoms with Crippen LogP contribution in [-0.4, -0.2) is 27.1 Å². The SMILES string of the molecule is CC(=Cc1ccc(C)cc1)C(=O)OCCS(=O)O. The summed E-state index contributed by atoms with van der Waals surface area (Å²) in [5.41, 5.74) is 2.53. The first-order valence-electron chi connectivity index (χ1n) is 5.48. The van der Waals surface area contributed by atoms with Crippen LogP contribution in [0.4, 0.5) is 0 Å². The minimum absolute atomic E-state index is 0.0545. The van der Waals surface area contributed by atoms with Crippen molar-refractivity contribution in [1.29, 1.82) is 0 Å². The summed E-state index contributed by atoms with van der Waals surface area (Å²) in [4.78, 5) is 11.5. The van der Waals surface area contributed by atoms with Gasteiger partial charge in [0, 0.05) is 5.57 Å². The van der Waals surface area contributed by atoms with Gasteiger partial charge in [-0.1, -0.05) is 29.8 Å². The van der Waals surface area contributed by atoms with E-state index in [9.17, 15) is 9.00 Å². The first kappa shape index (κ1) is 14.6. The highest BCUT2D eigenvalue weighted by molar-refractivity contribution is 7.79. The van der Waals surface area contributed by atoms with Crippen LogP contribution in [0.3, 0.4) is 0 Å². The van der Waals surface area contributed by atoms with Crippen molar-refractivity contribution in [3.05, 3.63) is 41.0 Å². The number of carbonyl (C=O) groups is 1. The molecule has 1 rings (SSSR count). The van der Waals surface area contributed by atoms with Gasteiger partial charge in [-0.25, -0.2) is 9.00 Å². The molecule has 1 aromatic rings. The number of hydrogen-bond donors (Lipinski definition) is 1. The lowest BCUT2D eigenvalue weighted by Crippen LogP contribution is -2.11. The summed E-state index contributed by atoms with van der Waals surface area (Å²) in [6.45, 7) is 3.59. The molecule has 1 unspecified atom stereocenters. The standard InChI is InChI=1S/C13H16O4S/c1-10-3-5-12(6-4-10)9-11(2)13(14)17-7-8-18(15)16/h3-6,9H,7-8H2,1-2H3,(H,15,16). The Kier molecular flexibility index (Phi) is 5.74. The van der Waals surface area contributed by atoms with Gasteiger partial charge in [0.2, 0.25) is 0 Å². The Morgan fingerprint density at radius 2 is 2.00 bits per heavy atom. The van der Waals surface area contributed by atoms with Crippen molar-refractivity contribution in [1.82, 2.24) is 0 Å². The van der Waals surface area contributed by atoms with E-state index >= 15 is 0 Å². The third-order valence-electron chi connectivity index (χ3n) is 2.27. The lowest BCUT2D eigenvalue weighted by molar-refractivity contribution is -0.138. The third kappa shape index (κ3) is 5.25. The fraction of sp³-hybridized carbons (Fsp3) is 0.308. The fourth-order valence-electron chi connectivity index (χ4n) is 1.29. The first-order valence-corrected chi connectivity index (χ1v) is 6.76. The fourth-order valence-corrected chi connectivity index (χ4v) is 1.52. The van der Waals surface area contributed by atoms with Gasteiger partial charge in [0.05, 0.1) is 5.75 Å². The van der Waals surface area contributed by atoms with Gasteiger partial charge < -0.3 is 9.29 Å². The molecule has 0 aromatic heterocycles. The molecule has 4 nitrogen and oxygen atoms in total. The van der Waals surface area contributed by atoms with Crippen LogP contribution >= 0.6 is 0 Å². The number of benzene rings is 1. The molecular formula is C13H16O4S. The first-order chi connectivity index (χ1) is 8.49. The van der Waals surface area contributed by atoms with Gasteiger partial charge in [-0.3, -0.25) is 0 Å². The van der Waals surface area contributed by atoms with E-state index in [0.717, 1.165) is 11.1 Å². The minimum atomic E-state index is -1.93.